The van der Waals surface area contributed by atoms with Crippen LogP contribution in [-0.4, -0.2) is 82.0 Å². The van der Waals surface area contributed by atoms with Gasteiger partial charge in [0.15, 0.2) is 0 Å². The number of nitrogens with zero attached hydrogens (tertiary/aromatic N) is 5. The van der Waals surface area contributed by atoms with Gasteiger partial charge < -0.3 is 19.4 Å². The lowest BCUT2D eigenvalue weighted by Gasteiger charge is -2.35. The molecule has 6 atom stereocenters. The Kier molecular flexibility index (Phi) is 12.1. The molecule has 5 heterocycles. The van der Waals surface area contributed by atoms with Crippen LogP contribution >= 0.6 is 11.3 Å². The van der Waals surface area contributed by atoms with E-state index in [9.17, 15) is 14.4 Å². The van der Waals surface area contributed by atoms with E-state index in [1.807, 2.05) is 50.4 Å². The number of thiazole rings is 1. The average molecular weight is 806 g/mol. The van der Waals surface area contributed by atoms with Gasteiger partial charge in [-0.1, -0.05) is 45.6 Å². The van der Waals surface area contributed by atoms with Gasteiger partial charge in [-0.3, -0.25) is 29.4 Å². The molecule has 4 aromatic rings. The molecule has 3 aliphatic rings. The van der Waals surface area contributed by atoms with Gasteiger partial charge in [0.25, 0.3) is 5.91 Å². The number of amides is 2. The number of fused-ring (bicyclic) bond motifs is 6. The number of carbonyl (C=O) groups is 3. The third kappa shape index (κ3) is 8.17. The fourth-order valence-corrected chi connectivity index (χ4v) is 9.49. The minimum atomic E-state index is -0.905. The molecule has 13 heteroatoms. The van der Waals surface area contributed by atoms with E-state index in [1.54, 1.807) is 19.5 Å². The first-order valence-electron chi connectivity index (χ1n) is 20.3. The molecule has 3 aromatic heterocycles. The molecule has 0 unspecified atom stereocenters. The van der Waals surface area contributed by atoms with Crippen LogP contribution in [0.3, 0.4) is 0 Å². The summed E-state index contributed by atoms with van der Waals surface area (Å²) < 4.78 is 14.2. The molecule has 306 valence electrons. The van der Waals surface area contributed by atoms with Crippen LogP contribution in [0.25, 0.3) is 27.7 Å². The lowest BCUT2D eigenvalue weighted by Crippen LogP contribution is -2.60. The molecule has 2 N–H and O–H groups in total. The number of esters is 1. The summed E-state index contributed by atoms with van der Waals surface area (Å²) in [5.41, 5.74) is 10.1. The quantitative estimate of drug-likeness (QED) is 0.106. The zero-order valence-electron chi connectivity index (χ0n) is 34.6. The molecule has 12 nitrogen and oxygen atoms in total. The van der Waals surface area contributed by atoms with Crippen molar-refractivity contribution in [3.8, 4) is 11.3 Å². The van der Waals surface area contributed by atoms with Gasteiger partial charge in [0.1, 0.15) is 12.1 Å². The van der Waals surface area contributed by atoms with Gasteiger partial charge in [-0.25, -0.2) is 10.4 Å². The Morgan fingerprint density at radius 3 is 2.78 bits per heavy atom. The highest BCUT2D eigenvalue weighted by Gasteiger charge is 2.54. The van der Waals surface area contributed by atoms with E-state index in [-0.39, 0.29) is 48.7 Å². The van der Waals surface area contributed by atoms with Gasteiger partial charge in [-0.05, 0) is 75.8 Å². The van der Waals surface area contributed by atoms with Crippen molar-refractivity contribution in [2.75, 3.05) is 20.3 Å². The number of pyridine rings is 1. The summed E-state index contributed by atoms with van der Waals surface area (Å²) in [7, 11) is 1.68. The first kappa shape index (κ1) is 41.2. The number of aryl methyl sites for hydroxylation is 1. The number of benzene rings is 1. The first-order valence-corrected chi connectivity index (χ1v) is 21.2. The molecule has 2 fully saturated rings. The van der Waals surface area contributed by atoms with Crippen molar-refractivity contribution < 1.29 is 23.9 Å². The zero-order valence-corrected chi connectivity index (χ0v) is 35.4. The maximum atomic E-state index is 14.4. The third-order valence-corrected chi connectivity index (χ3v) is 12.6. The highest BCUT2D eigenvalue weighted by molar-refractivity contribution is 7.10. The van der Waals surface area contributed by atoms with Crippen molar-refractivity contribution in [3.05, 3.63) is 88.3 Å². The smallest absolute Gasteiger partial charge is 0.324 e. The minimum Gasteiger partial charge on any atom is -0.464 e. The number of ether oxygens (including phenoxy) is 2. The zero-order chi connectivity index (χ0) is 41.3. The van der Waals surface area contributed by atoms with Gasteiger partial charge in [0, 0.05) is 89.4 Å². The topological polar surface area (TPSA) is 140 Å². The fourth-order valence-electron chi connectivity index (χ4n) is 8.64. The molecule has 1 aromatic carbocycles. The Balaban J connectivity index is 1.32. The number of aliphatic imine (C=N–C) groups is 1. The average Bonchev–Trinajstić information content (AvgIpc) is 3.53. The van der Waals surface area contributed by atoms with E-state index in [0.29, 0.717) is 37.4 Å². The van der Waals surface area contributed by atoms with E-state index < -0.39 is 23.5 Å². The van der Waals surface area contributed by atoms with Crippen LogP contribution in [0.1, 0.15) is 82.3 Å². The summed E-state index contributed by atoms with van der Waals surface area (Å²) in [6, 6.07) is 10.5. The number of methoxy groups -OCH3 is 1. The highest BCUT2D eigenvalue weighted by Crippen LogP contribution is 2.53. The fraction of sp³-hybridized carbons (Fsp3) is 0.467. The van der Waals surface area contributed by atoms with Crippen LogP contribution in [0.5, 0.6) is 0 Å². The molecular formula is C45H55N7O5S. The summed E-state index contributed by atoms with van der Waals surface area (Å²) in [6.45, 7) is 17.7. The summed E-state index contributed by atoms with van der Waals surface area (Å²) in [6.07, 6.45) is 6.98. The Bertz CT molecular complexity index is 2260. The van der Waals surface area contributed by atoms with Crippen LogP contribution in [0.2, 0.25) is 0 Å². The monoisotopic (exact) mass is 805 g/mol. The van der Waals surface area contributed by atoms with Crippen LogP contribution in [0, 0.1) is 17.3 Å². The van der Waals surface area contributed by atoms with Crippen LogP contribution in [-0.2, 0) is 43.2 Å². The lowest BCUT2D eigenvalue weighted by atomic mass is 9.84. The number of hydrogen-bond donors (Lipinski definition) is 2. The Labute approximate surface area is 344 Å². The maximum absolute atomic E-state index is 14.4. The molecule has 1 saturated carbocycles. The summed E-state index contributed by atoms with van der Waals surface area (Å²) >= 11 is 1.46. The van der Waals surface area contributed by atoms with Gasteiger partial charge in [-0.2, -0.15) is 0 Å². The Hall–Kier alpha value is -4.98. The first-order chi connectivity index (χ1) is 27.9. The Morgan fingerprint density at radius 2 is 2.07 bits per heavy atom. The van der Waals surface area contributed by atoms with E-state index in [0.717, 1.165) is 50.4 Å². The Morgan fingerprint density at radius 1 is 1.26 bits per heavy atom. The van der Waals surface area contributed by atoms with Crippen molar-refractivity contribution in [2.45, 2.75) is 97.9 Å². The van der Waals surface area contributed by atoms with Gasteiger partial charge in [-0.15, -0.1) is 11.3 Å². The van der Waals surface area contributed by atoms with Crippen LogP contribution < -0.4 is 10.7 Å². The van der Waals surface area contributed by atoms with Crippen molar-refractivity contribution in [1.82, 2.24) is 30.3 Å². The van der Waals surface area contributed by atoms with E-state index >= 15 is 0 Å². The summed E-state index contributed by atoms with van der Waals surface area (Å²) in [4.78, 5) is 56.4. The molecule has 0 spiro atoms. The number of carbonyl (C=O) groups excluding carboxylic acids is 3. The summed E-state index contributed by atoms with van der Waals surface area (Å²) in [5.74, 6) is -1.16. The predicted octanol–water partition coefficient (Wildman–Crippen LogP) is 6.90. The number of allylic oxidation sites excluding steroid dienone is 2. The number of aromatic nitrogens is 3. The minimum absolute atomic E-state index is 0.0196. The maximum Gasteiger partial charge on any atom is 0.324 e. The molecule has 0 radical (unpaired) electrons. The number of rotatable bonds is 9. The number of cyclic esters (lactones) is 1. The van der Waals surface area contributed by atoms with E-state index in [1.165, 1.54) is 16.3 Å². The van der Waals surface area contributed by atoms with Crippen molar-refractivity contribution in [3.63, 3.8) is 0 Å². The largest absolute Gasteiger partial charge is 0.464 e. The second-order valence-electron chi connectivity index (χ2n) is 16.4. The van der Waals surface area contributed by atoms with Crippen LogP contribution in [0.15, 0.2) is 71.3 Å². The molecule has 2 aliphatic heterocycles. The van der Waals surface area contributed by atoms with Crippen molar-refractivity contribution >= 4 is 51.8 Å². The molecular weight excluding hydrogens is 751 g/mol. The van der Waals surface area contributed by atoms with E-state index in [4.69, 9.17) is 19.5 Å². The molecule has 2 amide bonds. The molecule has 58 heavy (non-hydrogen) atoms. The molecule has 1 aliphatic carbocycles. The normalized spacial score (nSPS) is 24.5. The van der Waals surface area contributed by atoms with E-state index in [2.05, 4.69) is 65.8 Å². The van der Waals surface area contributed by atoms with Gasteiger partial charge in [0.2, 0.25) is 5.91 Å². The van der Waals surface area contributed by atoms with Crippen molar-refractivity contribution in [2.24, 2.45) is 22.2 Å². The molecule has 7 rings (SSSR count). The molecule has 6 bridgehead atoms. The van der Waals surface area contributed by atoms with Crippen LogP contribution in [0.4, 0.5) is 0 Å². The highest BCUT2D eigenvalue weighted by atomic mass is 32.1. The second kappa shape index (κ2) is 17.1. The number of nitrogens with one attached hydrogen (secondary N) is 2. The standard InChI is InChI=1S/C45H55N7O5S/c1-9-29(40(46-10-2)27(5)56-8)41-31-23-45(6,7)25-57-44(55)33-16-14-20-52(50-33)43(54)34(49-42(53)39-26(4)38(39)32-15-12-13-19-47-32)22-37-48-35(24-58-37)28-17-18-36(30(31)21-28)51(41)11-3/h9-10,12-13,15,17-19,21,24,26-27,33-34,38-39,50H,1,11,14,16,20,22-23,25H2,2-8H3,(H,49,53)/b40-29+,46-10-/t26-,27+,33+,34+,38+,39-/m1/s1. The second-order valence-corrected chi connectivity index (χ2v) is 17.3. The third-order valence-electron chi connectivity index (χ3n) is 11.8. The van der Waals surface area contributed by atoms with Gasteiger partial charge in [0.05, 0.1) is 34.8 Å². The van der Waals surface area contributed by atoms with Gasteiger partial charge >= 0.3 is 5.97 Å². The lowest BCUT2D eigenvalue weighted by molar-refractivity contribution is -0.155. The molecule has 1 saturated heterocycles. The predicted molar refractivity (Wildman–Crippen MR) is 228 cm³/mol. The number of hydrazine groups is 1. The SMILES string of the molecule is C=C/C(=C(\N=C/C)[C@H](C)OC)c1c2c3cc(ccc3n1CC)-c1csc(n1)C[C@H](NC(=O)[C@@H]1[C@H](C)[C@H]1c1ccccn1)C(=O)N1CCC[C@H](N1)C(=O)OCC(C)(C)C2. The summed E-state index contributed by atoms with van der Waals surface area (Å²) in [5, 5.41) is 8.37. The van der Waals surface area contributed by atoms with Crippen molar-refractivity contribution in [1.29, 1.82) is 0 Å². The number of hydrogen-bond acceptors (Lipinski definition) is 10.